The van der Waals surface area contributed by atoms with Crippen LogP contribution in [0.25, 0.3) is 0 Å². The monoisotopic (exact) mass is 269 g/mol. The van der Waals surface area contributed by atoms with Crippen LogP contribution in [0.5, 0.6) is 6.01 Å². The van der Waals surface area contributed by atoms with Crippen LogP contribution in [0.1, 0.15) is 5.82 Å². The summed E-state index contributed by atoms with van der Waals surface area (Å²) in [5.41, 5.74) is 0. The van der Waals surface area contributed by atoms with Crippen LogP contribution in [0, 0.1) is 0 Å². The molecule has 96 valence electrons. The minimum Gasteiger partial charge on any atom is -0.467 e. The number of nitrogens with zero attached hydrogens (tertiary/aromatic N) is 6. The molecule has 2 aromatic heterocycles. The number of anilines is 1. The van der Waals surface area contributed by atoms with Crippen LogP contribution in [-0.2, 0) is 13.5 Å². The standard InChI is InChI=1S/C9H12ClN7O/c1-17-5-12-6(16-17)3-4-11-8-13-7(10)14-9(15-8)18-2/h5H,3-4H2,1-2H3,(H,11,13,14,15). The lowest BCUT2D eigenvalue weighted by Gasteiger charge is -2.04. The quantitative estimate of drug-likeness (QED) is 0.836. The summed E-state index contributed by atoms with van der Waals surface area (Å²) in [5, 5.41) is 7.24. The molecule has 0 bridgehead atoms. The molecule has 8 nitrogen and oxygen atoms in total. The summed E-state index contributed by atoms with van der Waals surface area (Å²) in [6.45, 7) is 0.591. The van der Waals surface area contributed by atoms with E-state index >= 15 is 0 Å². The SMILES string of the molecule is COc1nc(Cl)nc(NCCc2ncn(C)n2)n1. The van der Waals surface area contributed by atoms with Crippen LogP contribution < -0.4 is 10.1 Å². The Hall–Kier alpha value is -1.96. The van der Waals surface area contributed by atoms with E-state index in [0.29, 0.717) is 18.9 Å². The van der Waals surface area contributed by atoms with Crippen molar-refractivity contribution in [3.63, 3.8) is 0 Å². The maximum atomic E-state index is 5.72. The molecule has 0 aromatic carbocycles. The first-order chi connectivity index (χ1) is 8.67. The molecule has 1 N–H and O–H groups in total. The number of ether oxygens (including phenoxy) is 1. The highest BCUT2D eigenvalue weighted by Crippen LogP contribution is 2.10. The molecule has 0 unspecified atom stereocenters. The molecule has 0 saturated carbocycles. The molecule has 2 rings (SSSR count). The van der Waals surface area contributed by atoms with Crippen LogP contribution >= 0.6 is 11.6 Å². The zero-order valence-electron chi connectivity index (χ0n) is 9.96. The van der Waals surface area contributed by atoms with E-state index in [1.165, 1.54) is 7.11 Å². The van der Waals surface area contributed by atoms with Crippen molar-refractivity contribution >= 4 is 17.5 Å². The first kappa shape index (κ1) is 12.5. The van der Waals surface area contributed by atoms with Crippen molar-refractivity contribution in [1.29, 1.82) is 0 Å². The molecule has 18 heavy (non-hydrogen) atoms. The number of halogens is 1. The molecule has 0 atom stereocenters. The fourth-order valence-electron chi connectivity index (χ4n) is 1.29. The summed E-state index contributed by atoms with van der Waals surface area (Å²) >= 11 is 5.72. The normalized spacial score (nSPS) is 10.4. The van der Waals surface area contributed by atoms with Crippen molar-refractivity contribution in [2.45, 2.75) is 6.42 Å². The van der Waals surface area contributed by atoms with E-state index in [-0.39, 0.29) is 11.3 Å². The van der Waals surface area contributed by atoms with Crippen LogP contribution in [0.3, 0.4) is 0 Å². The number of rotatable bonds is 5. The molecule has 0 spiro atoms. The van der Waals surface area contributed by atoms with Gasteiger partial charge in [-0.3, -0.25) is 4.68 Å². The second-order valence-corrected chi connectivity index (χ2v) is 3.76. The van der Waals surface area contributed by atoms with Gasteiger partial charge in [0.05, 0.1) is 7.11 Å². The van der Waals surface area contributed by atoms with Crippen LogP contribution in [0.4, 0.5) is 5.95 Å². The lowest BCUT2D eigenvalue weighted by Crippen LogP contribution is -2.10. The van der Waals surface area contributed by atoms with Crippen molar-refractivity contribution in [2.75, 3.05) is 19.0 Å². The lowest BCUT2D eigenvalue weighted by atomic mass is 10.4. The van der Waals surface area contributed by atoms with E-state index in [4.69, 9.17) is 16.3 Å². The van der Waals surface area contributed by atoms with Crippen molar-refractivity contribution in [1.82, 2.24) is 29.7 Å². The summed E-state index contributed by atoms with van der Waals surface area (Å²) in [5.74, 6) is 1.11. The molecule has 2 aromatic rings. The van der Waals surface area contributed by atoms with E-state index in [0.717, 1.165) is 5.82 Å². The Labute approximate surface area is 108 Å². The minimum atomic E-state index is 0.0836. The third-order valence-corrected chi connectivity index (χ3v) is 2.22. The van der Waals surface area contributed by atoms with E-state index in [9.17, 15) is 0 Å². The van der Waals surface area contributed by atoms with Gasteiger partial charge < -0.3 is 10.1 Å². The predicted molar refractivity (Wildman–Crippen MR) is 64.6 cm³/mol. The van der Waals surface area contributed by atoms with E-state index in [1.54, 1.807) is 11.0 Å². The molecule has 0 saturated heterocycles. The summed E-state index contributed by atoms with van der Waals surface area (Å²) in [6, 6.07) is 0.175. The molecule has 9 heteroatoms. The minimum absolute atomic E-state index is 0.0836. The first-order valence-corrected chi connectivity index (χ1v) is 5.59. The van der Waals surface area contributed by atoms with Crippen LogP contribution in [-0.4, -0.2) is 43.4 Å². The lowest BCUT2D eigenvalue weighted by molar-refractivity contribution is 0.379. The van der Waals surface area contributed by atoms with Gasteiger partial charge in [0.25, 0.3) is 0 Å². The highest BCUT2D eigenvalue weighted by atomic mass is 35.5. The Bertz CT molecular complexity index is 529. The summed E-state index contributed by atoms with van der Waals surface area (Å²) in [7, 11) is 3.29. The number of methoxy groups -OCH3 is 1. The van der Waals surface area contributed by atoms with E-state index < -0.39 is 0 Å². The van der Waals surface area contributed by atoms with Gasteiger partial charge in [0.15, 0.2) is 5.82 Å². The van der Waals surface area contributed by atoms with E-state index in [2.05, 4.69) is 30.4 Å². The maximum absolute atomic E-state index is 5.72. The number of nitrogens with one attached hydrogen (secondary N) is 1. The fourth-order valence-corrected chi connectivity index (χ4v) is 1.44. The second kappa shape index (κ2) is 5.58. The van der Waals surface area contributed by atoms with Gasteiger partial charge >= 0.3 is 6.01 Å². The third kappa shape index (κ3) is 3.27. The maximum Gasteiger partial charge on any atom is 0.322 e. The number of hydrogen-bond acceptors (Lipinski definition) is 7. The van der Waals surface area contributed by atoms with Crippen LogP contribution in [0.15, 0.2) is 6.33 Å². The number of hydrogen-bond donors (Lipinski definition) is 1. The average Bonchev–Trinajstić information content (AvgIpc) is 2.74. The highest BCUT2D eigenvalue weighted by molar-refractivity contribution is 6.28. The van der Waals surface area contributed by atoms with Gasteiger partial charge in [-0.05, 0) is 11.6 Å². The van der Waals surface area contributed by atoms with Gasteiger partial charge in [0, 0.05) is 20.0 Å². The first-order valence-electron chi connectivity index (χ1n) is 5.21. The van der Waals surface area contributed by atoms with Crippen molar-refractivity contribution in [2.24, 2.45) is 7.05 Å². The topological polar surface area (TPSA) is 90.6 Å². The second-order valence-electron chi connectivity index (χ2n) is 3.43. The largest absolute Gasteiger partial charge is 0.467 e. The molecule has 0 fully saturated rings. The Morgan fingerprint density at radius 1 is 1.39 bits per heavy atom. The Kier molecular flexibility index (Phi) is 3.88. The summed E-state index contributed by atoms with van der Waals surface area (Å²) in [6.07, 6.45) is 2.31. The van der Waals surface area contributed by atoms with Gasteiger partial charge in [-0.25, -0.2) is 4.98 Å². The van der Waals surface area contributed by atoms with Crippen molar-refractivity contribution in [3.8, 4) is 6.01 Å². The predicted octanol–water partition coefficient (Wildman–Crippen LogP) is 0.317. The van der Waals surface area contributed by atoms with Gasteiger partial charge in [-0.15, -0.1) is 0 Å². The molecule has 2 heterocycles. The molecular weight excluding hydrogens is 258 g/mol. The summed E-state index contributed by atoms with van der Waals surface area (Å²) in [4.78, 5) is 15.8. The molecule has 0 amide bonds. The van der Waals surface area contributed by atoms with Gasteiger partial charge in [-0.1, -0.05) is 0 Å². The van der Waals surface area contributed by atoms with Crippen molar-refractivity contribution < 1.29 is 4.74 Å². The van der Waals surface area contributed by atoms with Crippen molar-refractivity contribution in [3.05, 3.63) is 17.4 Å². The zero-order valence-corrected chi connectivity index (χ0v) is 10.7. The highest BCUT2D eigenvalue weighted by Gasteiger charge is 2.05. The smallest absolute Gasteiger partial charge is 0.322 e. The van der Waals surface area contributed by atoms with Gasteiger partial charge in [0.2, 0.25) is 11.2 Å². The zero-order chi connectivity index (χ0) is 13.0. The van der Waals surface area contributed by atoms with Crippen LogP contribution in [0.2, 0.25) is 5.28 Å². The third-order valence-electron chi connectivity index (χ3n) is 2.05. The fraction of sp³-hybridized carbons (Fsp3) is 0.444. The molecule has 0 aliphatic carbocycles. The Morgan fingerprint density at radius 2 is 2.22 bits per heavy atom. The van der Waals surface area contributed by atoms with Gasteiger partial charge in [-0.2, -0.15) is 20.1 Å². The average molecular weight is 270 g/mol. The Morgan fingerprint density at radius 3 is 2.89 bits per heavy atom. The number of aryl methyl sites for hydroxylation is 1. The number of aromatic nitrogens is 6. The van der Waals surface area contributed by atoms with E-state index in [1.807, 2.05) is 7.05 Å². The summed E-state index contributed by atoms with van der Waals surface area (Å²) < 4.78 is 6.54. The molecule has 0 aliphatic heterocycles. The Balaban J connectivity index is 1.91. The molecular formula is C9H12ClN7O. The molecule has 0 aliphatic rings. The molecule has 0 radical (unpaired) electrons. The van der Waals surface area contributed by atoms with Gasteiger partial charge in [0.1, 0.15) is 6.33 Å².